The van der Waals surface area contributed by atoms with Crippen molar-refractivity contribution in [2.45, 2.75) is 13.5 Å². The Morgan fingerprint density at radius 1 is 1.21 bits per heavy atom. The zero-order chi connectivity index (χ0) is 20.3. The van der Waals surface area contributed by atoms with E-state index in [4.69, 9.17) is 0 Å². The lowest BCUT2D eigenvalue weighted by molar-refractivity contribution is -0.384. The van der Waals surface area contributed by atoms with Gasteiger partial charge in [-0.05, 0) is 42.8 Å². The van der Waals surface area contributed by atoms with Gasteiger partial charge in [0.1, 0.15) is 12.4 Å². The quantitative estimate of drug-likeness (QED) is 0.539. The number of amides is 1. The van der Waals surface area contributed by atoms with E-state index in [1.165, 1.54) is 54.9 Å². The van der Waals surface area contributed by atoms with E-state index < -0.39 is 22.2 Å². The molecule has 3 aromatic rings. The van der Waals surface area contributed by atoms with Gasteiger partial charge in [-0.1, -0.05) is 0 Å². The highest BCUT2D eigenvalue weighted by Crippen LogP contribution is 2.21. The number of carbonyl (C=O) groups is 1. The number of hydrogen-bond donors (Lipinski definition) is 1. The molecule has 0 aliphatic rings. The monoisotopic (exact) mass is 382 g/mol. The lowest BCUT2D eigenvalue weighted by atomic mass is 10.1. The third kappa shape index (κ3) is 4.26. The molecule has 2 aromatic carbocycles. The molecule has 0 aliphatic carbocycles. The minimum absolute atomic E-state index is 0.0766. The molecule has 28 heavy (non-hydrogen) atoms. The van der Waals surface area contributed by atoms with Crippen LogP contribution in [0.1, 0.15) is 5.56 Å². The van der Waals surface area contributed by atoms with Gasteiger partial charge in [-0.15, -0.1) is 0 Å². The van der Waals surface area contributed by atoms with Gasteiger partial charge in [0.05, 0.1) is 16.9 Å². The van der Waals surface area contributed by atoms with Gasteiger partial charge in [0.2, 0.25) is 5.91 Å². The number of anilines is 1. The number of nitro benzene ring substituents is 1. The normalized spacial score (nSPS) is 10.5. The fourth-order valence-electron chi connectivity index (χ4n) is 2.57. The summed E-state index contributed by atoms with van der Waals surface area (Å²) in [5.41, 5.74) is 1.38. The minimum atomic E-state index is -0.521. The Morgan fingerprint density at radius 3 is 2.54 bits per heavy atom. The smallest absolute Gasteiger partial charge is 0.269 e. The summed E-state index contributed by atoms with van der Waals surface area (Å²) in [6.07, 6.45) is 1.24. The van der Waals surface area contributed by atoms with Crippen LogP contribution in [-0.4, -0.2) is 20.4 Å². The van der Waals surface area contributed by atoms with Gasteiger partial charge < -0.3 is 5.32 Å². The molecular weight excluding hydrogens is 367 g/mol. The van der Waals surface area contributed by atoms with Gasteiger partial charge in [0.15, 0.2) is 0 Å². The van der Waals surface area contributed by atoms with Crippen molar-refractivity contribution >= 4 is 17.3 Å². The van der Waals surface area contributed by atoms with E-state index in [0.29, 0.717) is 22.5 Å². The predicted molar refractivity (Wildman–Crippen MR) is 100 cm³/mol. The molecule has 0 radical (unpaired) electrons. The third-order valence-electron chi connectivity index (χ3n) is 4.03. The molecule has 9 heteroatoms. The number of nitrogens with one attached hydrogen (secondary N) is 1. The van der Waals surface area contributed by atoms with Gasteiger partial charge in [0.25, 0.3) is 11.2 Å². The van der Waals surface area contributed by atoms with E-state index >= 15 is 0 Å². The fraction of sp³-hybridized carbons (Fsp3) is 0.105. The Bertz CT molecular complexity index is 1110. The molecule has 1 heterocycles. The van der Waals surface area contributed by atoms with E-state index in [-0.39, 0.29) is 12.2 Å². The number of carbonyl (C=O) groups excluding carboxylic acids is 1. The maximum Gasteiger partial charge on any atom is 0.269 e. The molecule has 8 nitrogen and oxygen atoms in total. The first kappa shape index (κ1) is 18.9. The van der Waals surface area contributed by atoms with Gasteiger partial charge in [-0.3, -0.25) is 24.3 Å². The molecule has 1 aromatic heterocycles. The van der Waals surface area contributed by atoms with Gasteiger partial charge in [-0.25, -0.2) is 9.37 Å². The average Bonchev–Trinajstić information content (AvgIpc) is 2.65. The van der Waals surface area contributed by atoms with Crippen LogP contribution in [0.2, 0.25) is 0 Å². The van der Waals surface area contributed by atoms with Crippen molar-refractivity contribution in [1.82, 2.24) is 9.55 Å². The summed E-state index contributed by atoms with van der Waals surface area (Å²) in [6, 6.07) is 10.9. The molecule has 0 saturated carbocycles. The second kappa shape index (κ2) is 7.78. The van der Waals surface area contributed by atoms with Crippen molar-refractivity contribution in [3.05, 3.63) is 86.7 Å². The van der Waals surface area contributed by atoms with Crippen molar-refractivity contribution in [2.24, 2.45) is 0 Å². The Hall–Kier alpha value is -3.88. The standard InChI is InChI=1S/C19H15FN4O4/c1-12-8-15(24(27)28)6-7-16(12)22-18(25)10-23-11-21-17(9-19(23)26)13-2-4-14(20)5-3-13/h2-9,11H,10H2,1H3,(H,22,25). The highest BCUT2D eigenvalue weighted by molar-refractivity contribution is 5.91. The molecule has 1 amide bonds. The predicted octanol–water partition coefficient (Wildman–Crippen LogP) is 2.90. The van der Waals surface area contributed by atoms with Crippen LogP contribution in [0.5, 0.6) is 0 Å². The lowest BCUT2D eigenvalue weighted by Gasteiger charge is -2.10. The topological polar surface area (TPSA) is 107 Å². The number of hydrogen-bond acceptors (Lipinski definition) is 5. The van der Waals surface area contributed by atoms with Crippen molar-refractivity contribution in [1.29, 1.82) is 0 Å². The molecular formula is C19H15FN4O4. The van der Waals surface area contributed by atoms with Crippen LogP contribution < -0.4 is 10.9 Å². The van der Waals surface area contributed by atoms with E-state index in [2.05, 4.69) is 10.3 Å². The summed E-state index contributed by atoms with van der Waals surface area (Å²) in [5.74, 6) is -0.870. The summed E-state index contributed by atoms with van der Waals surface area (Å²) >= 11 is 0. The number of aryl methyl sites for hydroxylation is 1. The van der Waals surface area contributed by atoms with Crippen LogP contribution in [-0.2, 0) is 11.3 Å². The van der Waals surface area contributed by atoms with Crippen LogP contribution in [0.25, 0.3) is 11.3 Å². The molecule has 0 unspecified atom stereocenters. The van der Waals surface area contributed by atoms with Crippen LogP contribution in [0.15, 0.2) is 59.7 Å². The van der Waals surface area contributed by atoms with Crippen molar-refractivity contribution in [3.63, 3.8) is 0 Å². The largest absolute Gasteiger partial charge is 0.324 e. The van der Waals surface area contributed by atoms with E-state index in [1.807, 2.05) is 0 Å². The SMILES string of the molecule is Cc1cc([N+](=O)[O-])ccc1NC(=O)Cn1cnc(-c2ccc(F)cc2)cc1=O. The number of aromatic nitrogens is 2. The summed E-state index contributed by atoms with van der Waals surface area (Å²) in [5, 5.41) is 13.4. The Kier molecular flexibility index (Phi) is 5.25. The number of halogens is 1. The Balaban J connectivity index is 1.73. The van der Waals surface area contributed by atoms with Gasteiger partial charge in [-0.2, -0.15) is 0 Å². The number of nitro groups is 1. The molecule has 3 rings (SSSR count). The molecule has 142 valence electrons. The van der Waals surface area contributed by atoms with E-state index in [0.717, 1.165) is 4.57 Å². The van der Waals surface area contributed by atoms with Crippen molar-refractivity contribution in [2.75, 3.05) is 5.32 Å². The summed E-state index contributed by atoms with van der Waals surface area (Å²) in [4.78, 5) is 38.9. The third-order valence-corrected chi connectivity index (χ3v) is 4.03. The second-order valence-corrected chi connectivity index (χ2v) is 6.05. The first-order valence-corrected chi connectivity index (χ1v) is 8.21. The van der Waals surface area contributed by atoms with Crippen LogP contribution in [0.4, 0.5) is 15.8 Å². The molecule has 0 aliphatic heterocycles. The molecule has 1 N–H and O–H groups in total. The van der Waals surface area contributed by atoms with Gasteiger partial charge >= 0.3 is 0 Å². The highest BCUT2D eigenvalue weighted by Gasteiger charge is 2.12. The molecule has 0 spiro atoms. The molecule has 0 fully saturated rings. The minimum Gasteiger partial charge on any atom is -0.324 e. The van der Waals surface area contributed by atoms with Crippen molar-refractivity contribution in [3.8, 4) is 11.3 Å². The lowest BCUT2D eigenvalue weighted by Crippen LogP contribution is -2.27. The number of non-ortho nitro benzene ring substituents is 1. The number of benzene rings is 2. The molecule has 0 saturated heterocycles. The number of rotatable bonds is 5. The summed E-state index contributed by atoms with van der Waals surface area (Å²) < 4.78 is 14.1. The van der Waals surface area contributed by atoms with E-state index in [1.54, 1.807) is 6.92 Å². The van der Waals surface area contributed by atoms with Crippen LogP contribution >= 0.6 is 0 Å². The van der Waals surface area contributed by atoms with Crippen molar-refractivity contribution < 1.29 is 14.1 Å². The van der Waals surface area contributed by atoms with E-state index in [9.17, 15) is 24.1 Å². The zero-order valence-electron chi connectivity index (χ0n) is 14.8. The fourth-order valence-corrected chi connectivity index (χ4v) is 2.57. The Morgan fingerprint density at radius 2 is 1.93 bits per heavy atom. The molecule has 0 bridgehead atoms. The maximum atomic E-state index is 13.0. The summed E-state index contributed by atoms with van der Waals surface area (Å²) in [6.45, 7) is 1.36. The Labute approximate surface area is 158 Å². The molecule has 0 atom stereocenters. The van der Waals surface area contributed by atoms with Gasteiger partial charge in [0, 0.05) is 29.4 Å². The summed E-state index contributed by atoms with van der Waals surface area (Å²) in [7, 11) is 0. The number of nitrogens with zero attached hydrogens (tertiary/aromatic N) is 3. The average molecular weight is 382 g/mol. The second-order valence-electron chi connectivity index (χ2n) is 6.05. The zero-order valence-corrected chi connectivity index (χ0v) is 14.8. The first-order chi connectivity index (χ1) is 13.3. The first-order valence-electron chi connectivity index (χ1n) is 8.21. The van der Waals surface area contributed by atoms with Crippen LogP contribution in [0.3, 0.4) is 0 Å². The highest BCUT2D eigenvalue weighted by atomic mass is 19.1. The van der Waals surface area contributed by atoms with Crippen LogP contribution in [0, 0.1) is 22.9 Å². The maximum absolute atomic E-state index is 13.0.